The van der Waals surface area contributed by atoms with Gasteiger partial charge in [0.05, 0.1) is 5.41 Å². The molecule has 5 rings (SSSR count). The second kappa shape index (κ2) is 6.89. The third-order valence-corrected chi connectivity index (χ3v) is 6.08. The van der Waals surface area contributed by atoms with Crippen LogP contribution in [-0.2, 0) is 5.41 Å². The van der Waals surface area contributed by atoms with E-state index in [4.69, 9.17) is 11.6 Å². The Kier molecular flexibility index (Phi) is 4.32. The van der Waals surface area contributed by atoms with Crippen molar-refractivity contribution in [2.75, 3.05) is 0 Å². The van der Waals surface area contributed by atoms with Crippen LogP contribution in [0.2, 0.25) is 5.02 Å². The van der Waals surface area contributed by atoms with Gasteiger partial charge in [-0.25, -0.2) is 0 Å². The quantitative estimate of drug-likeness (QED) is 0.444. The highest BCUT2D eigenvalue weighted by Crippen LogP contribution is 2.55. The summed E-state index contributed by atoms with van der Waals surface area (Å²) in [7, 11) is -1.55. The van der Waals surface area contributed by atoms with E-state index >= 15 is 0 Å². The first-order valence-corrected chi connectivity index (χ1v) is 9.93. The van der Waals surface area contributed by atoms with Gasteiger partial charge in [0.15, 0.2) is 0 Å². The fourth-order valence-corrected chi connectivity index (χ4v) is 4.96. The topological polar surface area (TPSA) is 40.5 Å². The molecule has 0 spiro atoms. The Morgan fingerprint density at radius 1 is 0.655 bits per heavy atom. The van der Waals surface area contributed by atoms with E-state index in [0.717, 1.165) is 33.4 Å². The highest BCUT2D eigenvalue weighted by molar-refractivity contribution is 6.60. The van der Waals surface area contributed by atoms with Gasteiger partial charge in [0.1, 0.15) is 0 Å². The van der Waals surface area contributed by atoms with E-state index in [1.165, 1.54) is 0 Å². The normalized spacial score (nSPS) is 16.9. The van der Waals surface area contributed by atoms with Gasteiger partial charge in [-0.05, 0) is 51.0 Å². The van der Waals surface area contributed by atoms with Crippen molar-refractivity contribution in [3.63, 3.8) is 0 Å². The van der Waals surface area contributed by atoms with Crippen molar-refractivity contribution in [3.8, 4) is 11.1 Å². The molecule has 1 unspecified atom stereocenters. The molecular weight excluding hydrogens is 379 g/mol. The molecule has 0 fully saturated rings. The van der Waals surface area contributed by atoms with Gasteiger partial charge in [0.25, 0.3) is 0 Å². The van der Waals surface area contributed by atoms with Crippen molar-refractivity contribution < 1.29 is 10.0 Å². The molecule has 0 aromatic heterocycles. The Balaban J connectivity index is 1.99. The van der Waals surface area contributed by atoms with Gasteiger partial charge in [0.2, 0.25) is 0 Å². The van der Waals surface area contributed by atoms with Gasteiger partial charge in [-0.15, -0.1) is 0 Å². The van der Waals surface area contributed by atoms with Crippen LogP contribution < -0.4 is 5.46 Å². The predicted octanol–water partition coefficient (Wildman–Crippen LogP) is 4.38. The van der Waals surface area contributed by atoms with Crippen LogP contribution in [0.4, 0.5) is 0 Å². The van der Waals surface area contributed by atoms with E-state index in [1.807, 2.05) is 54.6 Å². The Morgan fingerprint density at radius 2 is 1.31 bits per heavy atom. The average Bonchev–Trinajstić information content (AvgIpc) is 3.06. The Labute approximate surface area is 175 Å². The molecule has 0 aliphatic heterocycles. The summed E-state index contributed by atoms with van der Waals surface area (Å²) in [6.07, 6.45) is 0. The summed E-state index contributed by atoms with van der Waals surface area (Å²) in [5, 5.41) is 20.9. The van der Waals surface area contributed by atoms with Crippen molar-refractivity contribution in [2.24, 2.45) is 0 Å². The highest BCUT2D eigenvalue weighted by Gasteiger charge is 2.47. The number of benzene rings is 4. The van der Waals surface area contributed by atoms with E-state index in [0.29, 0.717) is 10.5 Å². The number of fused-ring (bicyclic) bond motifs is 3. The van der Waals surface area contributed by atoms with E-state index in [-0.39, 0.29) is 0 Å². The summed E-state index contributed by atoms with van der Waals surface area (Å²) < 4.78 is 0. The zero-order valence-electron chi connectivity index (χ0n) is 15.6. The SMILES string of the molecule is OB(O)c1cccc2c1-c1ccccc1C2(c1ccccc1)c1cccc(Cl)c1. The summed E-state index contributed by atoms with van der Waals surface area (Å²) >= 11 is 6.43. The van der Waals surface area contributed by atoms with E-state index in [1.54, 1.807) is 6.07 Å². The molecule has 0 amide bonds. The molecule has 2 nitrogen and oxygen atoms in total. The lowest BCUT2D eigenvalue weighted by Gasteiger charge is -2.34. The Morgan fingerprint density at radius 3 is 2.07 bits per heavy atom. The predicted molar refractivity (Wildman–Crippen MR) is 119 cm³/mol. The van der Waals surface area contributed by atoms with Gasteiger partial charge < -0.3 is 10.0 Å². The fourth-order valence-electron chi connectivity index (χ4n) is 4.77. The van der Waals surface area contributed by atoms with Gasteiger partial charge in [-0.3, -0.25) is 0 Å². The van der Waals surface area contributed by atoms with E-state index in [9.17, 15) is 10.0 Å². The molecule has 0 saturated heterocycles. The number of rotatable bonds is 3. The van der Waals surface area contributed by atoms with Crippen LogP contribution in [0.15, 0.2) is 97.1 Å². The third kappa shape index (κ3) is 2.59. The van der Waals surface area contributed by atoms with E-state index < -0.39 is 12.5 Å². The second-order valence-corrected chi connectivity index (χ2v) is 7.75. The molecule has 140 valence electrons. The molecule has 0 bridgehead atoms. The Bertz CT molecular complexity index is 1210. The fraction of sp³-hybridized carbons (Fsp3) is 0.0400. The molecule has 0 radical (unpaired) electrons. The molecule has 4 aromatic rings. The third-order valence-electron chi connectivity index (χ3n) is 5.84. The first kappa shape index (κ1) is 18.2. The van der Waals surface area contributed by atoms with Crippen molar-refractivity contribution in [1.29, 1.82) is 0 Å². The molecular formula is C25H18BClO2. The minimum atomic E-state index is -1.55. The second-order valence-electron chi connectivity index (χ2n) is 7.32. The van der Waals surface area contributed by atoms with Crippen molar-refractivity contribution in [2.45, 2.75) is 5.41 Å². The highest BCUT2D eigenvalue weighted by atomic mass is 35.5. The molecule has 4 aromatic carbocycles. The largest absolute Gasteiger partial charge is 0.489 e. The lowest BCUT2D eigenvalue weighted by atomic mass is 9.66. The smallest absolute Gasteiger partial charge is 0.423 e. The van der Waals surface area contributed by atoms with Crippen LogP contribution >= 0.6 is 11.6 Å². The van der Waals surface area contributed by atoms with Crippen LogP contribution in [-0.4, -0.2) is 17.2 Å². The van der Waals surface area contributed by atoms with Gasteiger partial charge in [0, 0.05) is 5.02 Å². The van der Waals surface area contributed by atoms with Gasteiger partial charge in [-0.1, -0.05) is 96.5 Å². The van der Waals surface area contributed by atoms with Crippen molar-refractivity contribution in [3.05, 3.63) is 124 Å². The maximum absolute atomic E-state index is 10.1. The zero-order valence-corrected chi connectivity index (χ0v) is 16.3. The van der Waals surface area contributed by atoms with Crippen LogP contribution in [0.1, 0.15) is 22.3 Å². The van der Waals surface area contributed by atoms with Crippen LogP contribution in [0.3, 0.4) is 0 Å². The van der Waals surface area contributed by atoms with Gasteiger partial charge in [-0.2, -0.15) is 0 Å². The molecule has 29 heavy (non-hydrogen) atoms. The standard InChI is InChI=1S/C25H18BClO2/c27-19-11-6-10-18(16-19)25(17-8-2-1-3-9-17)21-13-5-4-12-20(21)24-22(25)14-7-15-23(24)26(28)29/h1-16,28-29H. The van der Waals surface area contributed by atoms with Gasteiger partial charge >= 0.3 is 7.12 Å². The average molecular weight is 397 g/mol. The molecule has 0 saturated carbocycles. The minimum absolute atomic E-state index is 0.509. The summed E-state index contributed by atoms with van der Waals surface area (Å²) in [5.41, 5.74) is 6.09. The molecule has 1 atom stereocenters. The first-order chi connectivity index (χ1) is 14.1. The lowest BCUT2D eigenvalue weighted by molar-refractivity contribution is 0.426. The minimum Gasteiger partial charge on any atom is -0.423 e. The summed E-state index contributed by atoms with van der Waals surface area (Å²) in [5.74, 6) is 0. The summed E-state index contributed by atoms with van der Waals surface area (Å²) in [4.78, 5) is 0. The van der Waals surface area contributed by atoms with Crippen LogP contribution in [0.5, 0.6) is 0 Å². The molecule has 4 heteroatoms. The summed E-state index contributed by atoms with van der Waals surface area (Å²) in [6, 6.07) is 32.2. The van der Waals surface area contributed by atoms with Crippen LogP contribution in [0, 0.1) is 0 Å². The maximum atomic E-state index is 10.1. The molecule has 0 heterocycles. The molecule has 1 aliphatic rings. The maximum Gasteiger partial charge on any atom is 0.489 e. The number of halogens is 1. The monoisotopic (exact) mass is 396 g/mol. The van der Waals surface area contributed by atoms with E-state index in [2.05, 4.69) is 36.4 Å². The zero-order chi connectivity index (χ0) is 20.0. The first-order valence-electron chi connectivity index (χ1n) is 9.55. The Hall–Kier alpha value is -2.85. The molecule has 1 aliphatic carbocycles. The number of hydrogen-bond acceptors (Lipinski definition) is 2. The number of hydrogen-bond donors (Lipinski definition) is 2. The molecule has 2 N–H and O–H groups in total. The van der Waals surface area contributed by atoms with Crippen molar-refractivity contribution >= 4 is 24.2 Å². The van der Waals surface area contributed by atoms with Crippen LogP contribution in [0.25, 0.3) is 11.1 Å². The lowest BCUT2D eigenvalue weighted by Crippen LogP contribution is -2.33. The van der Waals surface area contributed by atoms with Crippen molar-refractivity contribution in [1.82, 2.24) is 0 Å². The summed E-state index contributed by atoms with van der Waals surface area (Å²) in [6.45, 7) is 0.